The lowest BCUT2D eigenvalue weighted by atomic mass is 9.95. The summed E-state index contributed by atoms with van der Waals surface area (Å²) in [6.07, 6.45) is 2.65. The second kappa shape index (κ2) is 6.57. The summed E-state index contributed by atoms with van der Waals surface area (Å²) in [7, 11) is 0. The summed E-state index contributed by atoms with van der Waals surface area (Å²) in [5.74, 6) is 0.0702. The Morgan fingerprint density at radius 2 is 2.00 bits per heavy atom. The highest BCUT2D eigenvalue weighted by atomic mass is 16.3. The standard InChI is InChI=1S/C15H28N2O3/c1-14(2,3)13(19)16-9-5-7-12(18)17-10-6-8-15(4,20)11-17/h20H,5-11H2,1-4H3,(H,16,19). The van der Waals surface area contributed by atoms with Gasteiger partial charge in [0.2, 0.25) is 11.8 Å². The maximum atomic E-state index is 12.0. The SMILES string of the molecule is CC1(O)CCCN(C(=O)CCCNC(=O)C(C)(C)C)C1. The highest BCUT2D eigenvalue weighted by molar-refractivity contribution is 5.81. The second-order valence-corrected chi connectivity index (χ2v) is 7.03. The number of aliphatic hydroxyl groups is 1. The minimum Gasteiger partial charge on any atom is -0.388 e. The summed E-state index contributed by atoms with van der Waals surface area (Å²) in [5.41, 5.74) is -1.15. The number of carbonyl (C=O) groups excluding carboxylic acids is 2. The Morgan fingerprint density at radius 1 is 1.35 bits per heavy atom. The summed E-state index contributed by atoms with van der Waals surface area (Å²) in [6, 6.07) is 0. The van der Waals surface area contributed by atoms with Crippen LogP contribution in [0.25, 0.3) is 0 Å². The number of amides is 2. The van der Waals surface area contributed by atoms with Crippen molar-refractivity contribution in [2.24, 2.45) is 5.41 Å². The molecular formula is C15H28N2O3. The molecule has 20 heavy (non-hydrogen) atoms. The Kier molecular flexibility index (Phi) is 5.57. The molecule has 0 aromatic heterocycles. The molecule has 1 aliphatic heterocycles. The van der Waals surface area contributed by atoms with Crippen molar-refractivity contribution in [1.29, 1.82) is 0 Å². The minimum atomic E-state index is -0.756. The van der Waals surface area contributed by atoms with E-state index in [-0.39, 0.29) is 11.8 Å². The molecule has 2 amide bonds. The third-order valence-electron chi connectivity index (χ3n) is 3.56. The largest absolute Gasteiger partial charge is 0.388 e. The average molecular weight is 284 g/mol. The topological polar surface area (TPSA) is 69.6 Å². The summed E-state index contributed by atoms with van der Waals surface area (Å²) >= 11 is 0. The zero-order chi connectivity index (χ0) is 15.4. The molecule has 1 heterocycles. The number of carbonyl (C=O) groups is 2. The van der Waals surface area contributed by atoms with Gasteiger partial charge in [0.1, 0.15) is 0 Å². The lowest BCUT2D eigenvalue weighted by Gasteiger charge is -2.36. The molecule has 0 aromatic carbocycles. The summed E-state index contributed by atoms with van der Waals surface area (Å²) in [5, 5.41) is 12.8. The fourth-order valence-corrected chi connectivity index (χ4v) is 2.30. The van der Waals surface area contributed by atoms with Crippen LogP contribution in [-0.2, 0) is 9.59 Å². The summed E-state index contributed by atoms with van der Waals surface area (Å²) < 4.78 is 0. The zero-order valence-electron chi connectivity index (χ0n) is 13.2. The maximum Gasteiger partial charge on any atom is 0.225 e. The van der Waals surface area contributed by atoms with E-state index >= 15 is 0 Å². The molecule has 1 rings (SSSR count). The minimum absolute atomic E-state index is 0.00542. The smallest absolute Gasteiger partial charge is 0.225 e. The molecule has 1 atom stereocenters. The molecule has 0 aliphatic carbocycles. The molecule has 2 N–H and O–H groups in total. The predicted molar refractivity (Wildman–Crippen MR) is 78.1 cm³/mol. The van der Waals surface area contributed by atoms with Crippen LogP contribution in [0.15, 0.2) is 0 Å². The van der Waals surface area contributed by atoms with Crippen LogP contribution in [0.5, 0.6) is 0 Å². The molecule has 1 unspecified atom stereocenters. The van der Waals surface area contributed by atoms with Crippen molar-refractivity contribution in [1.82, 2.24) is 10.2 Å². The van der Waals surface area contributed by atoms with Crippen LogP contribution >= 0.6 is 0 Å². The number of nitrogens with one attached hydrogen (secondary N) is 1. The number of piperidine rings is 1. The molecule has 0 saturated carbocycles. The van der Waals surface area contributed by atoms with Crippen molar-refractivity contribution in [3.8, 4) is 0 Å². The van der Waals surface area contributed by atoms with Gasteiger partial charge in [-0.15, -0.1) is 0 Å². The van der Waals surface area contributed by atoms with Crippen LogP contribution in [0.1, 0.15) is 53.4 Å². The van der Waals surface area contributed by atoms with E-state index in [4.69, 9.17) is 0 Å². The van der Waals surface area contributed by atoms with Crippen molar-refractivity contribution in [3.63, 3.8) is 0 Å². The van der Waals surface area contributed by atoms with Crippen LogP contribution in [0, 0.1) is 5.41 Å². The van der Waals surface area contributed by atoms with Crippen LogP contribution in [0.3, 0.4) is 0 Å². The first-order chi connectivity index (χ1) is 9.12. The van der Waals surface area contributed by atoms with Gasteiger partial charge in [-0.1, -0.05) is 20.8 Å². The van der Waals surface area contributed by atoms with Gasteiger partial charge in [-0.25, -0.2) is 0 Å². The van der Waals surface area contributed by atoms with Gasteiger partial charge in [0.05, 0.1) is 5.60 Å². The predicted octanol–water partition coefficient (Wildman–Crippen LogP) is 1.30. The van der Waals surface area contributed by atoms with Gasteiger partial charge in [0.15, 0.2) is 0 Å². The molecule has 5 nitrogen and oxygen atoms in total. The normalized spacial score (nSPS) is 23.6. The lowest BCUT2D eigenvalue weighted by Crippen LogP contribution is -2.48. The van der Waals surface area contributed by atoms with E-state index < -0.39 is 11.0 Å². The third-order valence-corrected chi connectivity index (χ3v) is 3.56. The Hall–Kier alpha value is -1.10. The monoisotopic (exact) mass is 284 g/mol. The first-order valence-electron chi connectivity index (χ1n) is 7.40. The quantitative estimate of drug-likeness (QED) is 0.765. The molecule has 116 valence electrons. The molecule has 0 radical (unpaired) electrons. The van der Waals surface area contributed by atoms with Crippen molar-refractivity contribution in [2.75, 3.05) is 19.6 Å². The van der Waals surface area contributed by atoms with Crippen molar-refractivity contribution >= 4 is 11.8 Å². The Balaban J connectivity index is 2.25. The van der Waals surface area contributed by atoms with Crippen molar-refractivity contribution < 1.29 is 14.7 Å². The van der Waals surface area contributed by atoms with Gasteiger partial charge >= 0.3 is 0 Å². The number of β-amino-alcohol motifs (C(OH)–C–C–N with tert-alkyl or cyclic N) is 1. The Labute approximate surface area is 121 Å². The molecule has 0 bridgehead atoms. The fraction of sp³-hybridized carbons (Fsp3) is 0.867. The summed E-state index contributed by atoms with van der Waals surface area (Å²) in [4.78, 5) is 25.4. The average Bonchev–Trinajstić information content (AvgIpc) is 2.31. The number of rotatable bonds is 4. The fourth-order valence-electron chi connectivity index (χ4n) is 2.30. The van der Waals surface area contributed by atoms with Gasteiger partial charge in [0, 0.05) is 31.5 Å². The Morgan fingerprint density at radius 3 is 2.55 bits per heavy atom. The van der Waals surface area contributed by atoms with E-state index in [1.54, 1.807) is 11.8 Å². The first-order valence-corrected chi connectivity index (χ1v) is 7.40. The van der Waals surface area contributed by atoms with Crippen molar-refractivity contribution in [3.05, 3.63) is 0 Å². The zero-order valence-corrected chi connectivity index (χ0v) is 13.2. The molecule has 1 fully saturated rings. The van der Waals surface area contributed by atoms with Crippen molar-refractivity contribution in [2.45, 2.75) is 59.0 Å². The Bertz CT molecular complexity index is 359. The van der Waals surface area contributed by atoms with Crippen LogP contribution in [0.2, 0.25) is 0 Å². The molecule has 1 aliphatic rings. The van der Waals surface area contributed by atoms with Crippen LogP contribution in [0.4, 0.5) is 0 Å². The second-order valence-electron chi connectivity index (χ2n) is 7.03. The molecule has 5 heteroatoms. The number of nitrogens with zero attached hydrogens (tertiary/aromatic N) is 1. The van der Waals surface area contributed by atoms with E-state index in [1.165, 1.54) is 0 Å². The third kappa shape index (κ3) is 5.49. The summed E-state index contributed by atoms with van der Waals surface area (Å²) in [6.45, 7) is 9.03. The van der Waals surface area contributed by atoms with Gasteiger partial charge in [-0.05, 0) is 26.2 Å². The first kappa shape index (κ1) is 17.0. The number of likely N-dealkylation sites (tertiary alicyclic amines) is 1. The number of hydrogen-bond donors (Lipinski definition) is 2. The van der Waals surface area contributed by atoms with E-state index in [1.807, 2.05) is 20.8 Å². The highest BCUT2D eigenvalue weighted by Crippen LogP contribution is 2.20. The van der Waals surface area contributed by atoms with E-state index in [0.717, 1.165) is 19.4 Å². The van der Waals surface area contributed by atoms with Gasteiger partial charge in [-0.3, -0.25) is 9.59 Å². The van der Waals surface area contributed by atoms with E-state index in [0.29, 0.717) is 25.9 Å². The number of hydrogen-bond acceptors (Lipinski definition) is 3. The van der Waals surface area contributed by atoms with E-state index in [9.17, 15) is 14.7 Å². The lowest BCUT2D eigenvalue weighted by molar-refractivity contribution is -0.137. The molecule has 0 aromatic rings. The highest BCUT2D eigenvalue weighted by Gasteiger charge is 2.30. The molecular weight excluding hydrogens is 256 g/mol. The molecule has 0 spiro atoms. The van der Waals surface area contributed by atoms with Crippen LogP contribution in [-0.4, -0.2) is 47.1 Å². The molecule has 1 saturated heterocycles. The van der Waals surface area contributed by atoms with Gasteiger partial charge in [-0.2, -0.15) is 0 Å². The van der Waals surface area contributed by atoms with Crippen LogP contribution < -0.4 is 5.32 Å². The maximum absolute atomic E-state index is 12.0. The van der Waals surface area contributed by atoms with E-state index in [2.05, 4.69) is 5.32 Å². The van der Waals surface area contributed by atoms with Gasteiger partial charge in [0.25, 0.3) is 0 Å². The van der Waals surface area contributed by atoms with Gasteiger partial charge < -0.3 is 15.3 Å².